The van der Waals surface area contributed by atoms with Crippen molar-refractivity contribution in [1.29, 1.82) is 0 Å². The van der Waals surface area contributed by atoms with Crippen LogP contribution in [-0.2, 0) is 11.2 Å². The average molecular weight is 378 g/mol. The predicted octanol–water partition coefficient (Wildman–Crippen LogP) is 3.46. The highest BCUT2D eigenvalue weighted by Crippen LogP contribution is 2.23. The van der Waals surface area contributed by atoms with E-state index in [4.69, 9.17) is 0 Å². The van der Waals surface area contributed by atoms with E-state index >= 15 is 0 Å². The number of hydrogen-bond donors (Lipinski definition) is 1. The molecule has 8 heteroatoms. The molecule has 0 radical (unpaired) electrons. The maximum Gasteiger partial charge on any atom is 0.224 e. The van der Waals surface area contributed by atoms with Gasteiger partial charge in [-0.2, -0.15) is 4.68 Å². The van der Waals surface area contributed by atoms with E-state index in [1.165, 1.54) is 0 Å². The Bertz CT molecular complexity index is 1080. The number of nitrogens with one attached hydrogen (secondary N) is 1. The number of anilines is 1. The summed E-state index contributed by atoms with van der Waals surface area (Å²) in [6.07, 6.45) is 1.00. The zero-order valence-electron chi connectivity index (χ0n) is 15.0. The fourth-order valence-corrected chi connectivity index (χ4v) is 3.81. The molecule has 0 saturated carbocycles. The van der Waals surface area contributed by atoms with E-state index in [-0.39, 0.29) is 5.91 Å². The summed E-state index contributed by atoms with van der Waals surface area (Å²) in [4.78, 5) is 16.9. The van der Waals surface area contributed by atoms with E-state index in [1.54, 1.807) is 16.0 Å². The zero-order chi connectivity index (χ0) is 18.8. The van der Waals surface area contributed by atoms with Gasteiger partial charge >= 0.3 is 0 Å². The molecule has 4 rings (SSSR count). The minimum atomic E-state index is -0.0440. The molecule has 136 valence electrons. The van der Waals surface area contributed by atoms with Crippen molar-refractivity contribution in [2.45, 2.75) is 26.7 Å². The van der Waals surface area contributed by atoms with Crippen LogP contribution in [0.25, 0.3) is 15.9 Å². The third kappa shape index (κ3) is 3.70. The molecule has 1 amide bonds. The second kappa shape index (κ2) is 7.24. The van der Waals surface area contributed by atoms with Gasteiger partial charge in [0.05, 0.1) is 20.9 Å². The highest BCUT2D eigenvalue weighted by atomic mass is 32.1. The Morgan fingerprint density at radius 2 is 2.04 bits per heavy atom. The Morgan fingerprint density at radius 3 is 2.81 bits per heavy atom. The third-order valence-electron chi connectivity index (χ3n) is 4.25. The van der Waals surface area contributed by atoms with Crippen LogP contribution in [0.2, 0.25) is 0 Å². The van der Waals surface area contributed by atoms with Crippen molar-refractivity contribution in [3.63, 3.8) is 0 Å². The van der Waals surface area contributed by atoms with Crippen LogP contribution in [0.4, 0.5) is 5.69 Å². The molecule has 0 unspecified atom stereocenters. The van der Waals surface area contributed by atoms with Gasteiger partial charge in [0.15, 0.2) is 5.82 Å². The molecule has 0 spiro atoms. The number of hydrogen-bond acceptors (Lipinski definition) is 6. The van der Waals surface area contributed by atoms with E-state index in [1.807, 2.05) is 56.3 Å². The van der Waals surface area contributed by atoms with Crippen molar-refractivity contribution in [3.05, 3.63) is 58.9 Å². The molecule has 2 aromatic heterocycles. The summed E-state index contributed by atoms with van der Waals surface area (Å²) < 4.78 is 2.81. The number of carbonyl (C=O) groups excluding carboxylic acids is 1. The minimum Gasteiger partial charge on any atom is -0.326 e. The van der Waals surface area contributed by atoms with Gasteiger partial charge in [0.1, 0.15) is 0 Å². The van der Waals surface area contributed by atoms with Crippen LogP contribution < -0.4 is 5.32 Å². The second-order valence-electron chi connectivity index (χ2n) is 6.26. The van der Waals surface area contributed by atoms with E-state index in [9.17, 15) is 4.79 Å². The van der Waals surface area contributed by atoms with Crippen molar-refractivity contribution in [2.75, 3.05) is 5.32 Å². The Kier molecular flexibility index (Phi) is 4.64. The van der Waals surface area contributed by atoms with Crippen LogP contribution in [0.1, 0.15) is 22.8 Å². The summed E-state index contributed by atoms with van der Waals surface area (Å²) in [6, 6.07) is 13.7. The molecule has 4 aromatic rings. The van der Waals surface area contributed by atoms with Crippen molar-refractivity contribution < 1.29 is 4.79 Å². The quantitative estimate of drug-likeness (QED) is 0.575. The maximum atomic E-state index is 12.4. The summed E-state index contributed by atoms with van der Waals surface area (Å²) in [5, 5.41) is 15.5. The maximum absolute atomic E-state index is 12.4. The van der Waals surface area contributed by atoms with Gasteiger partial charge in [-0.15, -0.1) is 16.4 Å². The molecule has 7 nitrogen and oxygen atoms in total. The number of amides is 1. The van der Waals surface area contributed by atoms with Gasteiger partial charge in [-0.1, -0.05) is 18.2 Å². The van der Waals surface area contributed by atoms with Crippen LogP contribution in [-0.4, -0.2) is 31.1 Å². The van der Waals surface area contributed by atoms with Crippen LogP contribution >= 0.6 is 11.3 Å². The van der Waals surface area contributed by atoms with Gasteiger partial charge in [0, 0.05) is 18.5 Å². The van der Waals surface area contributed by atoms with Gasteiger partial charge in [-0.3, -0.25) is 4.79 Å². The standard InChI is InChI=1S/C19H18N6OS/c1-12-7-8-14(11-16(12)25-13(2)22-23-24-25)20-18(26)9-10-19-21-15-5-3-4-6-17(15)27-19/h3-8,11H,9-10H2,1-2H3,(H,20,26). The molecule has 0 aliphatic heterocycles. The average Bonchev–Trinajstić information content (AvgIpc) is 3.27. The van der Waals surface area contributed by atoms with Crippen molar-refractivity contribution in [2.24, 2.45) is 0 Å². The number of thiazole rings is 1. The lowest BCUT2D eigenvalue weighted by Crippen LogP contribution is -2.13. The summed E-state index contributed by atoms with van der Waals surface area (Å²) in [7, 11) is 0. The monoisotopic (exact) mass is 378 g/mol. The first-order valence-electron chi connectivity index (χ1n) is 8.60. The molecule has 27 heavy (non-hydrogen) atoms. The van der Waals surface area contributed by atoms with Crippen LogP contribution in [0.3, 0.4) is 0 Å². The molecule has 0 bridgehead atoms. The first-order chi connectivity index (χ1) is 13.1. The minimum absolute atomic E-state index is 0.0440. The molecule has 0 aliphatic carbocycles. The number of carbonyl (C=O) groups is 1. The molecule has 0 aliphatic rings. The first kappa shape index (κ1) is 17.3. The Morgan fingerprint density at radius 1 is 1.19 bits per heavy atom. The van der Waals surface area contributed by atoms with Gasteiger partial charge < -0.3 is 5.32 Å². The number of aromatic nitrogens is 5. The smallest absolute Gasteiger partial charge is 0.224 e. The topological polar surface area (TPSA) is 85.6 Å². The Hall–Kier alpha value is -3.13. The van der Waals surface area contributed by atoms with Crippen molar-refractivity contribution >= 4 is 33.1 Å². The number of fused-ring (bicyclic) bond motifs is 1. The third-order valence-corrected chi connectivity index (χ3v) is 5.35. The summed E-state index contributed by atoms with van der Waals surface area (Å²) in [6.45, 7) is 3.82. The van der Waals surface area contributed by atoms with Gasteiger partial charge in [-0.05, 0) is 54.1 Å². The number of nitrogens with zero attached hydrogens (tertiary/aromatic N) is 5. The van der Waals surface area contributed by atoms with Gasteiger partial charge in [0.25, 0.3) is 0 Å². The number of tetrazole rings is 1. The molecule has 0 atom stereocenters. The normalized spacial score (nSPS) is 11.0. The number of para-hydroxylation sites is 1. The number of benzene rings is 2. The highest BCUT2D eigenvalue weighted by molar-refractivity contribution is 7.18. The van der Waals surface area contributed by atoms with E-state index < -0.39 is 0 Å². The predicted molar refractivity (Wildman–Crippen MR) is 105 cm³/mol. The van der Waals surface area contributed by atoms with Crippen LogP contribution in [0.15, 0.2) is 42.5 Å². The molecule has 0 saturated heterocycles. The van der Waals surface area contributed by atoms with Crippen molar-refractivity contribution in [1.82, 2.24) is 25.2 Å². The van der Waals surface area contributed by atoms with E-state index in [0.29, 0.717) is 18.7 Å². The molecule has 2 aromatic carbocycles. The molecule has 2 heterocycles. The van der Waals surface area contributed by atoms with Gasteiger partial charge in [-0.25, -0.2) is 4.98 Å². The van der Waals surface area contributed by atoms with Gasteiger partial charge in [0.2, 0.25) is 5.91 Å². The largest absolute Gasteiger partial charge is 0.326 e. The fraction of sp³-hybridized carbons (Fsp3) is 0.211. The lowest BCUT2D eigenvalue weighted by atomic mass is 10.1. The van der Waals surface area contributed by atoms with E-state index in [2.05, 4.69) is 25.8 Å². The Balaban J connectivity index is 1.44. The number of rotatable bonds is 5. The summed E-state index contributed by atoms with van der Waals surface area (Å²) >= 11 is 1.63. The van der Waals surface area contributed by atoms with E-state index in [0.717, 1.165) is 32.2 Å². The SMILES string of the molecule is Cc1ccc(NC(=O)CCc2nc3ccccc3s2)cc1-n1nnnc1C. The second-order valence-corrected chi connectivity index (χ2v) is 7.38. The Labute approximate surface area is 160 Å². The molecular formula is C19H18N6OS. The van der Waals surface area contributed by atoms with Crippen molar-refractivity contribution in [3.8, 4) is 5.69 Å². The molecule has 0 fully saturated rings. The first-order valence-corrected chi connectivity index (χ1v) is 9.42. The lowest BCUT2D eigenvalue weighted by Gasteiger charge is -2.10. The summed E-state index contributed by atoms with van der Waals surface area (Å²) in [5.41, 5.74) is 3.58. The zero-order valence-corrected chi connectivity index (χ0v) is 15.8. The molecule has 1 N–H and O–H groups in total. The highest BCUT2D eigenvalue weighted by Gasteiger charge is 2.11. The fourth-order valence-electron chi connectivity index (χ4n) is 2.84. The van der Waals surface area contributed by atoms with Crippen LogP contribution in [0.5, 0.6) is 0 Å². The lowest BCUT2D eigenvalue weighted by molar-refractivity contribution is -0.116. The molecular weight excluding hydrogens is 360 g/mol. The van der Waals surface area contributed by atoms with Crippen LogP contribution in [0, 0.1) is 13.8 Å². The number of aryl methyl sites for hydroxylation is 3. The summed E-state index contributed by atoms with van der Waals surface area (Å²) in [5.74, 6) is 0.648.